The minimum atomic E-state index is 0.277. The number of piperidine rings is 2. The summed E-state index contributed by atoms with van der Waals surface area (Å²) < 4.78 is 7.24. The Morgan fingerprint density at radius 3 is 2.62 bits per heavy atom. The third-order valence-electron chi connectivity index (χ3n) is 7.57. The van der Waals surface area contributed by atoms with Crippen molar-refractivity contribution in [3.8, 4) is 5.88 Å². The molecule has 176 valence electrons. The Morgan fingerprint density at radius 1 is 1.16 bits per heavy atom. The predicted octanol–water partition coefficient (Wildman–Crippen LogP) is 3.50. The van der Waals surface area contributed by atoms with Crippen molar-refractivity contribution in [2.75, 3.05) is 39.8 Å². The van der Waals surface area contributed by atoms with Gasteiger partial charge in [-0.1, -0.05) is 6.92 Å². The molecule has 2 fully saturated rings. The van der Waals surface area contributed by atoms with E-state index in [2.05, 4.69) is 28.7 Å². The molecule has 2 aliphatic heterocycles. The van der Waals surface area contributed by atoms with Crippen LogP contribution in [0.4, 0.5) is 0 Å². The number of likely N-dealkylation sites (tertiary alicyclic amines) is 2. The van der Waals surface area contributed by atoms with Gasteiger partial charge in [-0.15, -0.1) is 5.10 Å². The van der Waals surface area contributed by atoms with Crippen LogP contribution < -0.4 is 4.74 Å². The number of carbonyl (C=O) groups is 1. The average Bonchev–Trinajstić information content (AvgIpc) is 3.10. The zero-order chi connectivity index (χ0) is 22.8. The zero-order valence-corrected chi connectivity index (χ0v) is 20.5. The van der Waals surface area contributed by atoms with E-state index in [0.29, 0.717) is 24.6 Å². The van der Waals surface area contributed by atoms with Crippen LogP contribution in [0.3, 0.4) is 0 Å². The first-order valence-corrected chi connectivity index (χ1v) is 12.2. The van der Waals surface area contributed by atoms with Crippen molar-refractivity contribution in [2.24, 2.45) is 18.9 Å². The third-order valence-corrected chi connectivity index (χ3v) is 7.57. The van der Waals surface area contributed by atoms with E-state index in [9.17, 15) is 4.79 Å². The lowest BCUT2D eigenvalue weighted by Crippen LogP contribution is -2.45. The maximum Gasteiger partial charge on any atom is 0.242 e. The topological polar surface area (TPSA) is 63.5 Å². The first-order valence-electron chi connectivity index (χ1n) is 12.2. The molecule has 32 heavy (non-hydrogen) atoms. The van der Waals surface area contributed by atoms with Crippen molar-refractivity contribution < 1.29 is 9.53 Å². The highest BCUT2D eigenvalue weighted by molar-refractivity contribution is 5.86. The smallest absolute Gasteiger partial charge is 0.242 e. The Labute approximate surface area is 192 Å². The van der Waals surface area contributed by atoms with E-state index in [1.54, 1.807) is 11.8 Å². The summed E-state index contributed by atoms with van der Waals surface area (Å²) in [5.41, 5.74) is 4.08. The second-order valence-corrected chi connectivity index (χ2v) is 9.96. The first-order chi connectivity index (χ1) is 15.4. The number of aryl methyl sites for hydroxylation is 3. The van der Waals surface area contributed by atoms with Crippen molar-refractivity contribution in [3.05, 3.63) is 16.8 Å². The Morgan fingerprint density at radius 2 is 1.91 bits per heavy atom. The SMILES string of the molecule is COc1nn(C)c2nc(C)c(CCC(=O)N3CCCC(CN4CCC(C)CC4)C3)c(C)c12. The molecule has 4 rings (SSSR count). The Bertz CT molecular complexity index is 961. The number of fused-ring (bicyclic) bond motifs is 1. The largest absolute Gasteiger partial charge is 0.479 e. The second-order valence-electron chi connectivity index (χ2n) is 9.96. The number of carbonyl (C=O) groups excluding carboxylic acids is 1. The van der Waals surface area contributed by atoms with Crippen molar-refractivity contribution in [2.45, 2.75) is 59.3 Å². The molecule has 7 nitrogen and oxygen atoms in total. The van der Waals surface area contributed by atoms with E-state index in [-0.39, 0.29) is 5.91 Å². The molecular weight excluding hydrogens is 402 g/mol. The van der Waals surface area contributed by atoms with E-state index < -0.39 is 0 Å². The monoisotopic (exact) mass is 441 g/mol. The van der Waals surface area contributed by atoms with E-state index in [0.717, 1.165) is 59.8 Å². The molecule has 0 aromatic carbocycles. The molecular formula is C25H39N5O2. The maximum absolute atomic E-state index is 13.1. The summed E-state index contributed by atoms with van der Waals surface area (Å²) in [6.45, 7) is 11.9. The van der Waals surface area contributed by atoms with E-state index in [4.69, 9.17) is 9.72 Å². The minimum Gasteiger partial charge on any atom is -0.479 e. The van der Waals surface area contributed by atoms with Crippen LogP contribution in [0.5, 0.6) is 5.88 Å². The minimum absolute atomic E-state index is 0.277. The summed E-state index contributed by atoms with van der Waals surface area (Å²) >= 11 is 0. The number of nitrogens with zero attached hydrogens (tertiary/aromatic N) is 5. The summed E-state index contributed by atoms with van der Waals surface area (Å²) in [5, 5.41) is 5.39. The molecule has 2 aromatic heterocycles. The first kappa shape index (κ1) is 23.0. The molecule has 1 atom stereocenters. The number of aromatic nitrogens is 3. The molecule has 1 amide bonds. The van der Waals surface area contributed by atoms with Crippen LogP contribution >= 0.6 is 0 Å². The predicted molar refractivity (Wildman–Crippen MR) is 127 cm³/mol. The van der Waals surface area contributed by atoms with Gasteiger partial charge in [-0.05, 0) is 82.0 Å². The van der Waals surface area contributed by atoms with Gasteiger partial charge in [0.15, 0.2) is 5.65 Å². The van der Waals surface area contributed by atoms with Crippen LogP contribution in [0, 0.1) is 25.7 Å². The fourth-order valence-corrected chi connectivity index (χ4v) is 5.55. The van der Waals surface area contributed by atoms with Crippen LogP contribution in [-0.4, -0.2) is 70.3 Å². The summed E-state index contributed by atoms with van der Waals surface area (Å²) in [6.07, 6.45) is 6.24. The molecule has 7 heteroatoms. The lowest BCUT2D eigenvalue weighted by molar-refractivity contribution is -0.133. The molecule has 2 aliphatic rings. The summed E-state index contributed by atoms with van der Waals surface area (Å²) in [5.74, 6) is 2.36. The van der Waals surface area contributed by atoms with E-state index in [1.807, 2.05) is 14.0 Å². The maximum atomic E-state index is 13.1. The van der Waals surface area contributed by atoms with Crippen LogP contribution in [0.1, 0.15) is 55.8 Å². The van der Waals surface area contributed by atoms with Crippen molar-refractivity contribution in [3.63, 3.8) is 0 Å². The number of ether oxygens (including phenoxy) is 1. The van der Waals surface area contributed by atoms with Gasteiger partial charge in [0.2, 0.25) is 11.8 Å². The number of methoxy groups -OCH3 is 1. The molecule has 0 aliphatic carbocycles. The van der Waals surface area contributed by atoms with E-state index in [1.165, 1.54) is 32.4 Å². The summed E-state index contributed by atoms with van der Waals surface area (Å²) in [7, 11) is 3.53. The Kier molecular flexibility index (Phi) is 7.03. The van der Waals surface area contributed by atoms with Gasteiger partial charge in [-0.3, -0.25) is 4.79 Å². The third kappa shape index (κ3) is 4.77. The average molecular weight is 442 g/mol. The summed E-state index contributed by atoms with van der Waals surface area (Å²) in [6, 6.07) is 0. The number of rotatable bonds is 6. The quantitative estimate of drug-likeness (QED) is 0.687. The number of amides is 1. The highest BCUT2D eigenvalue weighted by Gasteiger charge is 2.27. The molecule has 0 spiro atoms. The standard InChI is InChI=1S/C25H39N5O2/c1-17-10-13-29(14-11-17)15-20-7-6-12-30(16-20)22(31)9-8-21-18(2)23-24(26-19(21)3)28(4)27-25(23)32-5/h17,20H,6-16H2,1-5H3. The van der Waals surface area contributed by atoms with Crippen molar-refractivity contribution in [1.82, 2.24) is 24.6 Å². The van der Waals surface area contributed by atoms with Crippen molar-refractivity contribution >= 4 is 16.9 Å². The molecule has 2 aromatic rings. The summed E-state index contributed by atoms with van der Waals surface area (Å²) in [4.78, 5) is 22.6. The van der Waals surface area contributed by atoms with Gasteiger partial charge in [0, 0.05) is 38.8 Å². The second kappa shape index (κ2) is 9.77. The van der Waals surface area contributed by atoms with Crippen LogP contribution in [0.15, 0.2) is 0 Å². The lowest BCUT2D eigenvalue weighted by Gasteiger charge is -2.38. The van der Waals surface area contributed by atoms with E-state index >= 15 is 0 Å². The highest BCUT2D eigenvalue weighted by Crippen LogP contribution is 2.31. The lowest BCUT2D eigenvalue weighted by atomic mass is 9.94. The normalized spacial score (nSPS) is 20.8. The number of pyridine rings is 1. The molecule has 1 unspecified atom stereocenters. The van der Waals surface area contributed by atoms with Gasteiger partial charge < -0.3 is 14.5 Å². The highest BCUT2D eigenvalue weighted by atomic mass is 16.5. The molecule has 0 bridgehead atoms. The van der Waals surface area contributed by atoms with Gasteiger partial charge in [0.05, 0.1) is 12.5 Å². The van der Waals surface area contributed by atoms with Crippen LogP contribution in [-0.2, 0) is 18.3 Å². The number of hydrogen-bond donors (Lipinski definition) is 0. The van der Waals surface area contributed by atoms with Gasteiger partial charge in [-0.25, -0.2) is 9.67 Å². The Balaban J connectivity index is 1.38. The van der Waals surface area contributed by atoms with Gasteiger partial charge in [0.25, 0.3) is 0 Å². The molecule has 0 radical (unpaired) electrons. The Hall–Kier alpha value is -2.15. The zero-order valence-electron chi connectivity index (χ0n) is 20.5. The molecule has 0 saturated carbocycles. The van der Waals surface area contributed by atoms with Gasteiger partial charge in [0.1, 0.15) is 0 Å². The van der Waals surface area contributed by atoms with Gasteiger partial charge >= 0.3 is 0 Å². The fourth-order valence-electron chi connectivity index (χ4n) is 5.55. The fraction of sp³-hybridized carbons (Fsp3) is 0.720. The number of hydrogen-bond acceptors (Lipinski definition) is 5. The molecule has 0 N–H and O–H groups in total. The molecule has 4 heterocycles. The van der Waals surface area contributed by atoms with Crippen LogP contribution in [0.2, 0.25) is 0 Å². The molecule has 2 saturated heterocycles. The van der Waals surface area contributed by atoms with Gasteiger partial charge in [-0.2, -0.15) is 0 Å². The van der Waals surface area contributed by atoms with Crippen LogP contribution in [0.25, 0.3) is 11.0 Å². The van der Waals surface area contributed by atoms with Crippen molar-refractivity contribution in [1.29, 1.82) is 0 Å².